The van der Waals surface area contributed by atoms with Gasteiger partial charge in [0.05, 0.1) is 39.0 Å². The number of carbonyl (C=O) groups excluding carboxylic acids is 1. The summed E-state index contributed by atoms with van der Waals surface area (Å²) in [5.41, 5.74) is 0.187. The summed E-state index contributed by atoms with van der Waals surface area (Å²) in [7, 11) is 0. The fourth-order valence-corrected chi connectivity index (χ4v) is 4.49. The molecular weight excluding hydrogens is 349 g/mol. The van der Waals surface area contributed by atoms with Gasteiger partial charge in [-0.2, -0.15) is 0 Å². The molecule has 1 aromatic rings. The van der Waals surface area contributed by atoms with Crippen LogP contribution in [-0.4, -0.2) is 78.8 Å². The van der Waals surface area contributed by atoms with Crippen molar-refractivity contribution in [3.05, 3.63) is 29.8 Å². The van der Waals surface area contributed by atoms with E-state index in [1.165, 1.54) is 32.0 Å². The third-order valence-corrected chi connectivity index (χ3v) is 5.82. The van der Waals surface area contributed by atoms with E-state index in [-0.39, 0.29) is 12.3 Å². The van der Waals surface area contributed by atoms with Crippen molar-refractivity contribution in [3.8, 4) is 0 Å². The number of hydrogen-bond donors (Lipinski definition) is 0. The molecule has 3 aliphatic heterocycles. The third-order valence-electron chi connectivity index (χ3n) is 5.82. The van der Waals surface area contributed by atoms with Crippen LogP contribution in [-0.2, 0) is 20.7 Å². The number of aromatic nitrogens is 1. The molecule has 2 unspecified atom stereocenters. The summed E-state index contributed by atoms with van der Waals surface area (Å²) in [6.07, 6.45) is 4.84. The number of likely N-dealkylation sites (tertiary alicyclic amines) is 1. The van der Waals surface area contributed by atoms with Gasteiger partial charge in [0.15, 0.2) is 0 Å². The van der Waals surface area contributed by atoms with Crippen LogP contribution in [0.5, 0.6) is 0 Å². The number of carbonyl (C=O) groups is 1. The highest BCUT2D eigenvalue weighted by Gasteiger charge is 2.44. The molecule has 0 radical (unpaired) electrons. The second kappa shape index (κ2) is 8.20. The SMILES string of the molecule is O=C(Cc1ccc(F)cn1)N1CCOCC2(CC(CN3CCCC3)CO2)C1. The molecule has 1 spiro atoms. The Morgan fingerprint density at radius 2 is 2.15 bits per heavy atom. The third kappa shape index (κ3) is 4.65. The largest absolute Gasteiger partial charge is 0.377 e. The summed E-state index contributed by atoms with van der Waals surface area (Å²) in [5.74, 6) is 0.0998. The van der Waals surface area contributed by atoms with E-state index in [0.29, 0.717) is 37.9 Å². The van der Waals surface area contributed by atoms with Gasteiger partial charge in [0.2, 0.25) is 5.91 Å². The molecule has 1 amide bonds. The van der Waals surface area contributed by atoms with Crippen LogP contribution in [0.2, 0.25) is 0 Å². The van der Waals surface area contributed by atoms with Crippen LogP contribution in [0, 0.1) is 11.7 Å². The van der Waals surface area contributed by atoms with Crippen LogP contribution < -0.4 is 0 Å². The number of halogens is 1. The summed E-state index contributed by atoms with van der Waals surface area (Å²) < 4.78 is 25.0. The molecule has 4 heterocycles. The van der Waals surface area contributed by atoms with Gasteiger partial charge in [-0.15, -0.1) is 0 Å². The average Bonchev–Trinajstić information content (AvgIpc) is 3.25. The smallest absolute Gasteiger partial charge is 0.228 e. The molecule has 4 rings (SSSR count). The first-order valence-corrected chi connectivity index (χ1v) is 9.94. The molecule has 148 valence electrons. The minimum absolute atomic E-state index is 0.00873. The van der Waals surface area contributed by atoms with Crippen molar-refractivity contribution in [3.63, 3.8) is 0 Å². The Balaban J connectivity index is 1.36. The molecule has 0 aromatic carbocycles. The number of nitrogens with zero attached hydrogens (tertiary/aromatic N) is 3. The fourth-order valence-electron chi connectivity index (χ4n) is 4.49. The normalized spacial score (nSPS) is 29.4. The molecule has 1 aromatic heterocycles. The minimum Gasteiger partial charge on any atom is -0.377 e. The molecule has 3 aliphatic rings. The monoisotopic (exact) mass is 377 g/mol. The summed E-state index contributed by atoms with van der Waals surface area (Å²) >= 11 is 0. The van der Waals surface area contributed by atoms with E-state index in [1.54, 1.807) is 6.07 Å². The highest BCUT2D eigenvalue weighted by atomic mass is 19.1. The molecule has 0 aliphatic carbocycles. The topological polar surface area (TPSA) is 54.9 Å². The Morgan fingerprint density at radius 1 is 1.30 bits per heavy atom. The van der Waals surface area contributed by atoms with Crippen molar-refractivity contribution in [1.82, 2.24) is 14.8 Å². The number of ether oxygens (including phenoxy) is 2. The van der Waals surface area contributed by atoms with Crippen molar-refractivity contribution in [2.24, 2.45) is 5.92 Å². The van der Waals surface area contributed by atoms with Gasteiger partial charge in [0.1, 0.15) is 11.4 Å². The van der Waals surface area contributed by atoms with Crippen LogP contribution in [0.25, 0.3) is 0 Å². The van der Waals surface area contributed by atoms with Crippen LogP contribution in [0.3, 0.4) is 0 Å². The number of hydrogen-bond acceptors (Lipinski definition) is 5. The van der Waals surface area contributed by atoms with E-state index < -0.39 is 11.4 Å². The van der Waals surface area contributed by atoms with Crippen molar-refractivity contribution >= 4 is 5.91 Å². The van der Waals surface area contributed by atoms with Gasteiger partial charge in [0.25, 0.3) is 0 Å². The molecule has 0 saturated carbocycles. The van der Waals surface area contributed by atoms with Gasteiger partial charge in [-0.25, -0.2) is 4.39 Å². The first-order valence-electron chi connectivity index (χ1n) is 9.94. The molecule has 27 heavy (non-hydrogen) atoms. The molecule has 7 heteroatoms. The first kappa shape index (κ1) is 18.8. The van der Waals surface area contributed by atoms with Crippen LogP contribution in [0.4, 0.5) is 4.39 Å². The molecule has 0 bridgehead atoms. The van der Waals surface area contributed by atoms with Crippen LogP contribution >= 0.6 is 0 Å². The predicted molar refractivity (Wildman–Crippen MR) is 97.8 cm³/mol. The number of amides is 1. The van der Waals surface area contributed by atoms with Crippen molar-refractivity contribution in [2.45, 2.75) is 31.3 Å². The quantitative estimate of drug-likeness (QED) is 0.796. The van der Waals surface area contributed by atoms with Crippen LogP contribution in [0.15, 0.2) is 18.3 Å². The van der Waals surface area contributed by atoms with Crippen molar-refractivity contribution < 1.29 is 18.7 Å². The van der Waals surface area contributed by atoms with E-state index in [4.69, 9.17) is 9.47 Å². The van der Waals surface area contributed by atoms with Crippen LogP contribution in [0.1, 0.15) is 25.0 Å². The Labute approximate surface area is 159 Å². The average molecular weight is 377 g/mol. The van der Waals surface area contributed by atoms with Gasteiger partial charge in [-0.3, -0.25) is 9.78 Å². The van der Waals surface area contributed by atoms with Gasteiger partial charge < -0.3 is 19.3 Å². The lowest BCUT2D eigenvalue weighted by molar-refractivity contribution is -0.133. The fraction of sp³-hybridized carbons (Fsp3) is 0.700. The Kier molecular flexibility index (Phi) is 5.71. The van der Waals surface area contributed by atoms with Crippen molar-refractivity contribution in [1.29, 1.82) is 0 Å². The van der Waals surface area contributed by atoms with Gasteiger partial charge in [-0.05, 0) is 50.4 Å². The van der Waals surface area contributed by atoms with E-state index in [9.17, 15) is 9.18 Å². The second-order valence-electron chi connectivity index (χ2n) is 8.08. The zero-order valence-electron chi connectivity index (χ0n) is 15.7. The van der Waals surface area contributed by atoms with Gasteiger partial charge in [0, 0.05) is 18.8 Å². The molecular formula is C20H28FN3O3. The highest BCUT2D eigenvalue weighted by Crippen LogP contribution is 2.33. The second-order valence-corrected chi connectivity index (χ2v) is 8.08. The maximum atomic E-state index is 13.0. The maximum absolute atomic E-state index is 13.0. The molecule has 0 N–H and O–H groups in total. The standard InChI is InChI=1S/C20H28FN3O3/c21-17-3-4-18(22-11-17)9-19(25)24-7-8-26-15-20(14-24)10-16(13-27-20)12-23-5-1-2-6-23/h3-4,11,16H,1-2,5-10,12-15H2. The molecule has 2 atom stereocenters. The lowest BCUT2D eigenvalue weighted by atomic mass is 9.93. The van der Waals surface area contributed by atoms with E-state index >= 15 is 0 Å². The lowest BCUT2D eigenvalue weighted by Gasteiger charge is -2.31. The highest BCUT2D eigenvalue weighted by molar-refractivity contribution is 5.78. The Hall–Kier alpha value is -1.57. The minimum atomic E-state index is -0.396. The maximum Gasteiger partial charge on any atom is 0.228 e. The summed E-state index contributed by atoms with van der Waals surface area (Å²) in [5, 5.41) is 0. The zero-order valence-corrected chi connectivity index (χ0v) is 15.7. The Morgan fingerprint density at radius 3 is 2.93 bits per heavy atom. The van der Waals surface area contributed by atoms with E-state index in [0.717, 1.165) is 25.8 Å². The predicted octanol–water partition coefficient (Wildman–Crippen LogP) is 1.49. The summed E-state index contributed by atoms with van der Waals surface area (Å²) in [4.78, 5) is 21.1. The summed E-state index contributed by atoms with van der Waals surface area (Å²) in [6.45, 7) is 6.37. The lowest BCUT2D eigenvalue weighted by Crippen LogP contribution is -2.47. The molecule has 3 fully saturated rings. The number of pyridine rings is 1. The molecule has 6 nitrogen and oxygen atoms in total. The van der Waals surface area contributed by atoms with Gasteiger partial charge >= 0.3 is 0 Å². The summed E-state index contributed by atoms with van der Waals surface area (Å²) in [6, 6.07) is 2.90. The van der Waals surface area contributed by atoms with Crippen molar-refractivity contribution in [2.75, 3.05) is 52.5 Å². The number of rotatable bonds is 4. The van der Waals surface area contributed by atoms with E-state index in [2.05, 4.69) is 9.88 Å². The van der Waals surface area contributed by atoms with E-state index in [1.807, 2.05) is 4.90 Å². The zero-order chi connectivity index (χ0) is 18.7. The molecule has 3 saturated heterocycles. The first-order chi connectivity index (χ1) is 13.1. The Bertz CT molecular complexity index is 650. The van der Waals surface area contributed by atoms with Gasteiger partial charge in [-0.1, -0.05) is 0 Å².